The summed E-state index contributed by atoms with van der Waals surface area (Å²) in [7, 11) is 0. The number of hydrogen-bond donors (Lipinski definition) is 0. The fraction of sp³-hybridized carbons (Fsp3) is 0.536. The lowest BCUT2D eigenvalue weighted by Crippen LogP contribution is -2.33. The summed E-state index contributed by atoms with van der Waals surface area (Å²) in [6, 6.07) is 8.57. The molecule has 0 atom stereocenters. The van der Waals surface area contributed by atoms with Gasteiger partial charge in [-0.2, -0.15) is 5.10 Å². The minimum absolute atomic E-state index is 0.127. The van der Waals surface area contributed by atoms with Crippen molar-refractivity contribution in [1.29, 1.82) is 0 Å². The predicted octanol–water partition coefficient (Wildman–Crippen LogP) is 6.27. The van der Waals surface area contributed by atoms with Crippen LogP contribution >= 0.6 is 11.8 Å². The number of nitrogens with zero attached hydrogens (tertiary/aromatic N) is 2. The number of esters is 1. The molecule has 0 unspecified atom stereocenters. The molecule has 1 aromatic carbocycles. The minimum atomic E-state index is -0.131. The molecule has 0 spiro atoms. The molecular formula is C28H36N2O2S. The number of ether oxygens (including phenoxy) is 1. The van der Waals surface area contributed by atoms with E-state index in [1.165, 1.54) is 16.0 Å². The van der Waals surface area contributed by atoms with Crippen molar-refractivity contribution in [2.45, 2.75) is 95.1 Å². The molecule has 2 aromatic rings. The van der Waals surface area contributed by atoms with Gasteiger partial charge in [0.05, 0.1) is 12.3 Å². The Kier molecular flexibility index (Phi) is 8.23. The van der Waals surface area contributed by atoms with Crippen LogP contribution in [-0.4, -0.2) is 27.5 Å². The lowest BCUT2D eigenvalue weighted by Gasteiger charge is -2.42. The van der Waals surface area contributed by atoms with Crippen LogP contribution in [0.5, 0.6) is 0 Å². The van der Waals surface area contributed by atoms with E-state index in [0.29, 0.717) is 18.7 Å². The number of unbranched alkanes of at least 4 members (excludes halogenated alkanes) is 1. The predicted molar refractivity (Wildman–Crippen MR) is 136 cm³/mol. The Morgan fingerprint density at radius 2 is 1.88 bits per heavy atom. The molecule has 0 aliphatic carbocycles. The molecule has 176 valence electrons. The monoisotopic (exact) mass is 464 g/mol. The van der Waals surface area contributed by atoms with Crippen molar-refractivity contribution >= 4 is 17.7 Å². The Morgan fingerprint density at radius 1 is 1.09 bits per heavy atom. The third-order valence-electron chi connectivity index (χ3n) is 5.98. The average Bonchev–Trinajstić information content (AvgIpc) is 2.74. The molecule has 1 aliphatic rings. The lowest BCUT2D eigenvalue weighted by molar-refractivity contribution is -0.143. The number of aryl methyl sites for hydroxylation is 2. The van der Waals surface area contributed by atoms with E-state index in [0.717, 1.165) is 43.4 Å². The molecule has 0 N–H and O–H groups in total. The topological polar surface area (TPSA) is 52.1 Å². The van der Waals surface area contributed by atoms with E-state index in [9.17, 15) is 4.79 Å². The standard InChI is InChI=1S/C28H36N2O2S/c1-7-20-18-25-24(27(3,4)19-28(5,6)33-25)17-21(20)13-14-23-16-15-22(29-30-23)11-9-10-12-26(31)32-8-2/h15-18H,7-12,19H2,1-6H3. The summed E-state index contributed by atoms with van der Waals surface area (Å²) in [6.07, 6.45) is 5.04. The molecule has 0 saturated heterocycles. The summed E-state index contributed by atoms with van der Waals surface area (Å²) in [6.45, 7) is 13.8. The van der Waals surface area contributed by atoms with Gasteiger partial charge >= 0.3 is 5.97 Å². The number of carbonyl (C=O) groups excluding carboxylic acids is 1. The molecule has 5 heteroatoms. The third-order valence-corrected chi connectivity index (χ3v) is 7.24. The van der Waals surface area contributed by atoms with Gasteiger partial charge in [-0.15, -0.1) is 16.9 Å². The molecule has 33 heavy (non-hydrogen) atoms. The second-order valence-electron chi connectivity index (χ2n) is 9.95. The van der Waals surface area contributed by atoms with Crippen molar-refractivity contribution in [2.75, 3.05) is 6.61 Å². The quantitative estimate of drug-likeness (QED) is 0.275. The van der Waals surface area contributed by atoms with Crippen molar-refractivity contribution in [2.24, 2.45) is 0 Å². The molecule has 0 saturated carbocycles. The SMILES string of the molecule is CCOC(=O)CCCCc1ccc(C#Cc2cc3c(cc2CC)SC(C)(C)CC3(C)C)nn1. The van der Waals surface area contributed by atoms with Crippen molar-refractivity contribution in [3.8, 4) is 11.8 Å². The first kappa shape index (κ1) is 25.3. The molecule has 0 amide bonds. The second kappa shape index (κ2) is 10.7. The van der Waals surface area contributed by atoms with Crippen LogP contribution in [0.3, 0.4) is 0 Å². The highest BCUT2D eigenvalue weighted by Crippen LogP contribution is 2.51. The number of rotatable bonds is 7. The number of thioether (sulfide) groups is 1. The van der Waals surface area contributed by atoms with Crippen molar-refractivity contribution in [3.63, 3.8) is 0 Å². The van der Waals surface area contributed by atoms with Crippen LogP contribution in [0.2, 0.25) is 0 Å². The van der Waals surface area contributed by atoms with E-state index in [4.69, 9.17) is 4.74 Å². The number of benzene rings is 1. The zero-order chi connectivity index (χ0) is 24.1. The Balaban J connectivity index is 1.70. The zero-order valence-corrected chi connectivity index (χ0v) is 21.7. The van der Waals surface area contributed by atoms with Crippen LogP contribution in [0.4, 0.5) is 0 Å². The molecule has 0 radical (unpaired) electrons. The van der Waals surface area contributed by atoms with Crippen LogP contribution in [0.25, 0.3) is 0 Å². The van der Waals surface area contributed by atoms with Gasteiger partial charge in [0.2, 0.25) is 0 Å². The summed E-state index contributed by atoms with van der Waals surface area (Å²) < 4.78 is 5.20. The van der Waals surface area contributed by atoms with Crippen LogP contribution < -0.4 is 0 Å². The molecule has 1 aliphatic heterocycles. The van der Waals surface area contributed by atoms with E-state index in [-0.39, 0.29) is 16.1 Å². The van der Waals surface area contributed by atoms with Gasteiger partial charge in [-0.05, 0) is 85.8 Å². The van der Waals surface area contributed by atoms with E-state index in [1.54, 1.807) is 0 Å². The van der Waals surface area contributed by atoms with E-state index >= 15 is 0 Å². The Hall–Kier alpha value is -2.32. The van der Waals surface area contributed by atoms with Gasteiger partial charge in [-0.25, -0.2) is 0 Å². The lowest BCUT2D eigenvalue weighted by atomic mass is 9.76. The maximum absolute atomic E-state index is 11.4. The first-order chi connectivity index (χ1) is 15.6. The van der Waals surface area contributed by atoms with Crippen molar-refractivity contribution in [1.82, 2.24) is 10.2 Å². The number of carbonyl (C=O) groups is 1. The Morgan fingerprint density at radius 3 is 2.55 bits per heavy atom. The highest BCUT2D eigenvalue weighted by Gasteiger charge is 2.38. The number of aromatic nitrogens is 2. The minimum Gasteiger partial charge on any atom is -0.466 e. The van der Waals surface area contributed by atoms with Gasteiger partial charge in [0.15, 0.2) is 0 Å². The highest BCUT2D eigenvalue weighted by molar-refractivity contribution is 8.00. The van der Waals surface area contributed by atoms with Gasteiger partial charge in [0, 0.05) is 21.6 Å². The smallest absolute Gasteiger partial charge is 0.305 e. The maximum Gasteiger partial charge on any atom is 0.305 e. The van der Waals surface area contributed by atoms with E-state index < -0.39 is 0 Å². The molecule has 0 bridgehead atoms. The first-order valence-corrected chi connectivity index (χ1v) is 12.8. The average molecular weight is 465 g/mol. The third kappa shape index (κ3) is 6.84. The maximum atomic E-state index is 11.4. The van der Waals surface area contributed by atoms with Crippen LogP contribution in [0.15, 0.2) is 29.2 Å². The first-order valence-electron chi connectivity index (χ1n) is 12.0. The molecular weight excluding hydrogens is 428 g/mol. The number of hydrogen-bond acceptors (Lipinski definition) is 5. The van der Waals surface area contributed by atoms with Crippen molar-refractivity contribution in [3.05, 3.63) is 52.3 Å². The normalized spacial score (nSPS) is 15.8. The largest absolute Gasteiger partial charge is 0.466 e. The van der Waals surface area contributed by atoms with E-state index in [1.807, 2.05) is 30.8 Å². The summed E-state index contributed by atoms with van der Waals surface area (Å²) in [4.78, 5) is 12.8. The Labute approximate surface area is 203 Å². The fourth-order valence-electron chi connectivity index (χ4n) is 4.64. The summed E-state index contributed by atoms with van der Waals surface area (Å²) >= 11 is 1.99. The zero-order valence-electron chi connectivity index (χ0n) is 20.9. The summed E-state index contributed by atoms with van der Waals surface area (Å²) in [5.41, 5.74) is 5.51. The molecule has 3 rings (SSSR count). The molecule has 0 fully saturated rings. The van der Waals surface area contributed by atoms with Crippen LogP contribution in [0.1, 0.15) is 95.3 Å². The fourth-order valence-corrected chi connectivity index (χ4v) is 6.31. The molecule has 4 nitrogen and oxygen atoms in total. The van der Waals surface area contributed by atoms with Crippen molar-refractivity contribution < 1.29 is 9.53 Å². The van der Waals surface area contributed by atoms with Crippen LogP contribution in [-0.2, 0) is 27.8 Å². The van der Waals surface area contributed by atoms with Gasteiger partial charge in [-0.1, -0.05) is 40.5 Å². The van der Waals surface area contributed by atoms with E-state index in [2.05, 4.69) is 68.8 Å². The van der Waals surface area contributed by atoms with Gasteiger partial charge in [0.1, 0.15) is 5.69 Å². The summed E-state index contributed by atoms with van der Waals surface area (Å²) in [5, 5.41) is 8.63. The molecule has 2 heterocycles. The number of fused-ring (bicyclic) bond motifs is 1. The molecule has 1 aromatic heterocycles. The summed E-state index contributed by atoms with van der Waals surface area (Å²) in [5.74, 6) is 6.46. The van der Waals surface area contributed by atoms with Gasteiger partial charge < -0.3 is 4.74 Å². The van der Waals surface area contributed by atoms with Crippen LogP contribution in [0, 0.1) is 11.8 Å². The highest BCUT2D eigenvalue weighted by atomic mass is 32.2. The Bertz CT molecular complexity index is 1050. The van der Waals surface area contributed by atoms with Gasteiger partial charge in [-0.3, -0.25) is 4.79 Å². The van der Waals surface area contributed by atoms with Gasteiger partial charge in [0.25, 0.3) is 0 Å². The second-order valence-corrected chi connectivity index (χ2v) is 11.7.